The van der Waals surface area contributed by atoms with E-state index in [1.165, 1.54) is 0 Å². The minimum absolute atomic E-state index is 0.0764. The predicted octanol–water partition coefficient (Wildman–Crippen LogP) is 3.17. The molecule has 0 bridgehead atoms. The predicted molar refractivity (Wildman–Crippen MR) is 102 cm³/mol. The number of nitrogens with one attached hydrogen (secondary N) is 3. The standard InChI is InChI=1S/C18H19N3O3S/c1-3-16(22)19-13-5-4-6-14(11-13)20-18(25)21-17(23)12-7-9-15(24-2)10-8-12/h4-11H,3H2,1-2H3,(H,19,22)(H2,20,21,23,25). The molecular weight excluding hydrogens is 338 g/mol. The number of hydrogen-bond donors (Lipinski definition) is 3. The second-order valence-corrected chi connectivity index (χ2v) is 5.53. The molecule has 0 heterocycles. The van der Waals surface area contributed by atoms with Gasteiger partial charge in [0.05, 0.1) is 7.11 Å². The lowest BCUT2D eigenvalue weighted by Crippen LogP contribution is -2.34. The van der Waals surface area contributed by atoms with Crippen LogP contribution in [0.2, 0.25) is 0 Å². The van der Waals surface area contributed by atoms with Gasteiger partial charge in [0.2, 0.25) is 5.91 Å². The van der Waals surface area contributed by atoms with Gasteiger partial charge in [-0.2, -0.15) is 0 Å². The van der Waals surface area contributed by atoms with Crippen molar-refractivity contribution < 1.29 is 14.3 Å². The van der Waals surface area contributed by atoms with Crippen molar-refractivity contribution in [2.45, 2.75) is 13.3 Å². The SMILES string of the molecule is CCC(=O)Nc1cccc(NC(=S)NC(=O)c2ccc(OC)cc2)c1. The lowest BCUT2D eigenvalue weighted by atomic mass is 10.2. The van der Waals surface area contributed by atoms with Crippen LogP contribution in [0.4, 0.5) is 11.4 Å². The van der Waals surface area contributed by atoms with Gasteiger partial charge in [0, 0.05) is 23.4 Å². The van der Waals surface area contributed by atoms with Crippen molar-refractivity contribution >= 4 is 40.5 Å². The van der Waals surface area contributed by atoms with E-state index in [0.29, 0.717) is 29.1 Å². The number of methoxy groups -OCH3 is 1. The molecule has 3 N–H and O–H groups in total. The Kier molecular flexibility index (Phi) is 6.47. The molecule has 0 aliphatic heterocycles. The van der Waals surface area contributed by atoms with E-state index >= 15 is 0 Å². The summed E-state index contributed by atoms with van der Waals surface area (Å²) in [5.41, 5.74) is 1.78. The fraction of sp³-hybridized carbons (Fsp3) is 0.167. The molecule has 0 saturated heterocycles. The molecule has 130 valence electrons. The first-order chi connectivity index (χ1) is 12.0. The Bertz CT molecular complexity index is 775. The number of rotatable bonds is 5. The molecule has 2 aromatic rings. The van der Waals surface area contributed by atoms with Crippen LogP contribution in [0, 0.1) is 0 Å². The molecule has 0 unspecified atom stereocenters. The van der Waals surface area contributed by atoms with Crippen LogP contribution in [-0.4, -0.2) is 24.0 Å². The van der Waals surface area contributed by atoms with E-state index in [4.69, 9.17) is 17.0 Å². The average Bonchev–Trinajstić information content (AvgIpc) is 2.61. The number of ether oxygens (including phenoxy) is 1. The zero-order valence-electron chi connectivity index (χ0n) is 14.0. The molecule has 0 fully saturated rings. The molecule has 6 nitrogen and oxygen atoms in total. The van der Waals surface area contributed by atoms with Gasteiger partial charge in [0.15, 0.2) is 5.11 Å². The van der Waals surface area contributed by atoms with E-state index in [9.17, 15) is 9.59 Å². The third-order valence-corrected chi connectivity index (χ3v) is 3.51. The number of carbonyl (C=O) groups excluding carboxylic acids is 2. The summed E-state index contributed by atoms with van der Waals surface area (Å²) in [5.74, 6) is 0.270. The third kappa shape index (κ3) is 5.58. The van der Waals surface area contributed by atoms with Gasteiger partial charge in [-0.25, -0.2) is 0 Å². The molecule has 7 heteroatoms. The van der Waals surface area contributed by atoms with E-state index in [2.05, 4.69) is 16.0 Å². The summed E-state index contributed by atoms with van der Waals surface area (Å²) in [6.45, 7) is 1.78. The Hall–Kier alpha value is -2.93. The Balaban J connectivity index is 1.96. The van der Waals surface area contributed by atoms with Gasteiger partial charge >= 0.3 is 0 Å². The number of amides is 2. The molecule has 0 aliphatic rings. The molecule has 2 aromatic carbocycles. The summed E-state index contributed by atoms with van der Waals surface area (Å²) in [5, 5.41) is 8.45. The molecule has 0 aromatic heterocycles. The molecular formula is C18H19N3O3S. The van der Waals surface area contributed by atoms with Crippen molar-refractivity contribution in [2.24, 2.45) is 0 Å². The fourth-order valence-electron chi connectivity index (χ4n) is 2.00. The number of anilines is 2. The highest BCUT2D eigenvalue weighted by Gasteiger charge is 2.08. The van der Waals surface area contributed by atoms with E-state index in [0.717, 1.165) is 0 Å². The van der Waals surface area contributed by atoms with Crippen molar-refractivity contribution in [3.8, 4) is 5.75 Å². The van der Waals surface area contributed by atoms with E-state index < -0.39 is 0 Å². The second-order valence-electron chi connectivity index (χ2n) is 5.12. The molecule has 0 spiro atoms. The maximum Gasteiger partial charge on any atom is 0.257 e. The quantitative estimate of drug-likeness (QED) is 0.716. The van der Waals surface area contributed by atoms with Crippen molar-refractivity contribution in [1.82, 2.24) is 5.32 Å². The first kappa shape index (κ1) is 18.4. The molecule has 0 atom stereocenters. The number of benzene rings is 2. The van der Waals surface area contributed by atoms with Crippen LogP contribution in [0.15, 0.2) is 48.5 Å². The van der Waals surface area contributed by atoms with Crippen molar-refractivity contribution in [2.75, 3.05) is 17.7 Å². The largest absolute Gasteiger partial charge is 0.497 e. The van der Waals surface area contributed by atoms with E-state index in [1.54, 1.807) is 62.6 Å². The maximum atomic E-state index is 12.2. The summed E-state index contributed by atoms with van der Waals surface area (Å²) in [6, 6.07) is 13.8. The van der Waals surface area contributed by atoms with Crippen LogP contribution in [0.5, 0.6) is 5.75 Å². The zero-order valence-corrected chi connectivity index (χ0v) is 14.8. The van der Waals surface area contributed by atoms with Crippen molar-refractivity contribution in [1.29, 1.82) is 0 Å². The molecule has 2 rings (SSSR count). The second kappa shape index (κ2) is 8.79. The molecule has 25 heavy (non-hydrogen) atoms. The van der Waals surface area contributed by atoms with Gasteiger partial charge in [-0.05, 0) is 54.7 Å². The monoisotopic (exact) mass is 357 g/mol. The maximum absolute atomic E-state index is 12.2. The minimum Gasteiger partial charge on any atom is -0.497 e. The van der Waals surface area contributed by atoms with E-state index in [-0.39, 0.29) is 16.9 Å². The summed E-state index contributed by atoms with van der Waals surface area (Å²) < 4.78 is 5.06. The lowest BCUT2D eigenvalue weighted by Gasteiger charge is -2.11. The van der Waals surface area contributed by atoms with Gasteiger partial charge in [-0.3, -0.25) is 14.9 Å². The van der Waals surface area contributed by atoms with Gasteiger partial charge < -0.3 is 15.4 Å². The van der Waals surface area contributed by atoms with Crippen LogP contribution in [0.1, 0.15) is 23.7 Å². The molecule has 0 aliphatic carbocycles. The van der Waals surface area contributed by atoms with E-state index in [1.807, 2.05) is 0 Å². The summed E-state index contributed by atoms with van der Waals surface area (Å²) >= 11 is 5.16. The van der Waals surface area contributed by atoms with Crippen LogP contribution in [0.3, 0.4) is 0 Å². The fourth-order valence-corrected chi connectivity index (χ4v) is 2.21. The zero-order chi connectivity index (χ0) is 18.2. The highest BCUT2D eigenvalue weighted by molar-refractivity contribution is 7.80. The van der Waals surface area contributed by atoms with Crippen LogP contribution >= 0.6 is 12.2 Å². The number of thiocarbonyl (C=S) groups is 1. The van der Waals surface area contributed by atoms with Gasteiger partial charge in [0.25, 0.3) is 5.91 Å². The summed E-state index contributed by atoms with van der Waals surface area (Å²) in [7, 11) is 1.56. The molecule has 0 radical (unpaired) electrons. The Morgan fingerprint density at radius 3 is 2.28 bits per heavy atom. The molecule has 2 amide bonds. The minimum atomic E-state index is -0.324. The topological polar surface area (TPSA) is 79.5 Å². The highest BCUT2D eigenvalue weighted by Crippen LogP contribution is 2.15. The Labute approximate surface area is 151 Å². The average molecular weight is 357 g/mol. The van der Waals surface area contributed by atoms with Crippen LogP contribution in [-0.2, 0) is 4.79 Å². The summed E-state index contributed by atoms with van der Waals surface area (Å²) in [4.78, 5) is 23.6. The number of hydrogen-bond acceptors (Lipinski definition) is 4. The Morgan fingerprint density at radius 1 is 1.04 bits per heavy atom. The smallest absolute Gasteiger partial charge is 0.257 e. The highest BCUT2D eigenvalue weighted by atomic mass is 32.1. The van der Waals surface area contributed by atoms with Gasteiger partial charge in [0.1, 0.15) is 5.75 Å². The third-order valence-electron chi connectivity index (χ3n) is 3.30. The first-order valence-electron chi connectivity index (χ1n) is 7.68. The molecule has 0 saturated carbocycles. The van der Waals surface area contributed by atoms with Crippen molar-refractivity contribution in [3.63, 3.8) is 0 Å². The number of carbonyl (C=O) groups is 2. The van der Waals surface area contributed by atoms with Gasteiger partial charge in [-0.1, -0.05) is 13.0 Å². The van der Waals surface area contributed by atoms with Crippen LogP contribution < -0.4 is 20.7 Å². The normalized spacial score (nSPS) is 9.84. The lowest BCUT2D eigenvalue weighted by molar-refractivity contribution is -0.115. The first-order valence-corrected chi connectivity index (χ1v) is 8.09. The van der Waals surface area contributed by atoms with Crippen LogP contribution in [0.25, 0.3) is 0 Å². The van der Waals surface area contributed by atoms with Crippen molar-refractivity contribution in [3.05, 3.63) is 54.1 Å². The summed E-state index contributed by atoms with van der Waals surface area (Å²) in [6.07, 6.45) is 0.397. The van der Waals surface area contributed by atoms with Gasteiger partial charge in [-0.15, -0.1) is 0 Å². The Morgan fingerprint density at radius 2 is 1.68 bits per heavy atom.